The molecule has 2 saturated heterocycles. The first-order chi connectivity index (χ1) is 12.7. The fourth-order valence-corrected chi connectivity index (χ4v) is 3.46. The second-order valence-corrected chi connectivity index (χ2v) is 6.65. The van der Waals surface area contributed by atoms with Crippen molar-refractivity contribution in [3.8, 4) is 11.3 Å². The van der Waals surface area contributed by atoms with Gasteiger partial charge < -0.3 is 14.5 Å². The van der Waals surface area contributed by atoms with Crippen molar-refractivity contribution in [3.63, 3.8) is 0 Å². The van der Waals surface area contributed by atoms with Crippen molar-refractivity contribution in [2.45, 2.75) is 18.9 Å². The van der Waals surface area contributed by atoms with Gasteiger partial charge in [-0.3, -0.25) is 14.7 Å². The number of aromatic amines is 1. The van der Waals surface area contributed by atoms with Crippen LogP contribution in [0.25, 0.3) is 11.3 Å². The van der Waals surface area contributed by atoms with Gasteiger partial charge in [0.1, 0.15) is 11.8 Å². The van der Waals surface area contributed by atoms with Crippen molar-refractivity contribution in [1.29, 1.82) is 0 Å². The van der Waals surface area contributed by atoms with Crippen molar-refractivity contribution < 1.29 is 14.3 Å². The maximum atomic E-state index is 12.7. The summed E-state index contributed by atoms with van der Waals surface area (Å²) in [5.41, 5.74) is 2.19. The largest absolute Gasteiger partial charge is 0.368 e. The quantitative estimate of drug-likeness (QED) is 0.907. The number of nitrogens with one attached hydrogen (secondary N) is 1. The van der Waals surface area contributed by atoms with Crippen LogP contribution in [0.5, 0.6) is 0 Å². The van der Waals surface area contributed by atoms with Crippen LogP contribution in [-0.4, -0.2) is 70.7 Å². The van der Waals surface area contributed by atoms with Crippen molar-refractivity contribution in [1.82, 2.24) is 20.0 Å². The molecule has 2 aromatic rings. The lowest BCUT2D eigenvalue weighted by atomic mass is 10.1. The standard InChI is InChI=1S/C19H22N4O3/c24-18(16-13-15(20-21-16)14-5-2-1-3-6-14)22-8-10-23(11-9-22)19(25)17-7-4-12-26-17/h1-3,5-6,13,17H,4,7-12H2,(H,20,21)/t17-/m0/s1. The monoisotopic (exact) mass is 354 g/mol. The van der Waals surface area contributed by atoms with E-state index >= 15 is 0 Å². The van der Waals surface area contributed by atoms with E-state index in [1.54, 1.807) is 11.0 Å². The lowest BCUT2D eigenvalue weighted by Crippen LogP contribution is -2.52. The Kier molecular flexibility index (Phi) is 4.71. The second kappa shape index (κ2) is 7.29. The maximum absolute atomic E-state index is 12.7. The molecule has 0 saturated carbocycles. The van der Waals surface area contributed by atoms with Crippen LogP contribution in [0.4, 0.5) is 0 Å². The van der Waals surface area contributed by atoms with Gasteiger partial charge in [-0.2, -0.15) is 5.10 Å². The van der Waals surface area contributed by atoms with E-state index in [9.17, 15) is 9.59 Å². The second-order valence-electron chi connectivity index (χ2n) is 6.65. The number of aromatic nitrogens is 2. The molecule has 2 aliphatic rings. The summed E-state index contributed by atoms with van der Waals surface area (Å²) in [6.07, 6.45) is 1.45. The molecule has 4 rings (SSSR count). The summed E-state index contributed by atoms with van der Waals surface area (Å²) in [7, 11) is 0. The Morgan fingerprint density at radius 2 is 1.81 bits per heavy atom. The zero-order valence-corrected chi connectivity index (χ0v) is 14.6. The molecular formula is C19H22N4O3. The van der Waals surface area contributed by atoms with Crippen LogP contribution in [0, 0.1) is 0 Å². The van der Waals surface area contributed by atoms with E-state index in [4.69, 9.17) is 4.74 Å². The molecule has 26 heavy (non-hydrogen) atoms. The van der Waals surface area contributed by atoms with Gasteiger partial charge >= 0.3 is 0 Å². The minimum atomic E-state index is -0.293. The number of carbonyl (C=O) groups is 2. The minimum absolute atomic E-state index is 0.0579. The third-order valence-electron chi connectivity index (χ3n) is 4.96. The lowest BCUT2D eigenvalue weighted by Gasteiger charge is -2.35. The van der Waals surface area contributed by atoms with Crippen molar-refractivity contribution in [3.05, 3.63) is 42.1 Å². The number of hydrogen-bond acceptors (Lipinski definition) is 4. The summed E-state index contributed by atoms with van der Waals surface area (Å²) >= 11 is 0. The Balaban J connectivity index is 1.36. The highest BCUT2D eigenvalue weighted by Crippen LogP contribution is 2.19. The van der Waals surface area contributed by atoms with Crippen molar-refractivity contribution in [2.75, 3.05) is 32.8 Å². The highest BCUT2D eigenvalue weighted by molar-refractivity contribution is 5.93. The number of nitrogens with zero attached hydrogens (tertiary/aromatic N) is 3. The number of ether oxygens (including phenoxy) is 1. The topological polar surface area (TPSA) is 78.5 Å². The molecule has 1 atom stereocenters. The summed E-state index contributed by atoms with van der Waals surface area (Å²) in [5.74, 6) is -0.0219. The van der Waals surface area contributed by atoms with Gasteiger partial charge in [0.25, 0.3) is 11.8 Å². The molecule has 136 valence electrons. The van der Waals surface area contributed by atoms with Gasteiger partial charge in [0.2, 0.25) is 0 Å². The normalized spacial score (nSPS) is 20.4. The molecule has 0 spiro atoms. The highest BCUT2D eigenvalue weighted by Gasteiger charge is 2.31. The van der Waals surface area contributed by atoms with Gasteiger partial charge in [-0.05, 0) is 18.9 Å². The average molecular weight is 354 g/mol. The molecule has 0 unspecified atom stereocenters. The van der Waals surface area contributed by atoms with Crippen LogP contribution < -0.4 is 0 Å². The van der Waals surface area contributed by atoms with Gasteiger partial charge in [-0.1, -0.05) is 30.3 Å². The first kappa shape index (κ1) is 16.8. The van der Waals surface area contributed by atoms with E-state index < -0.39 is 0 Å². The van der Waals surface area contributed by atoms with E-state index in [-0.39, 0.29) is 17.9 Å². The molecule has 2 amide bonds. The number of benzene rings is 1. The zero-order chi connectivity index (χ0) is 17.9. The SMILES string of the molecule is O=C(c1cc(-c2ccccc2)n[nH]1)N1CCN(C(=O)[C@@H]2CCCO2)CC1. The molecule has 0 radical (unpaired) electrons. The Hall–Kier alpha value is -2.67. The average Bonchev–Trinajstić information content (AvgIpc) is 3.40. The lowest BCUT2D eigenvalue weighted by molar-refractivity contribution is -0.142. The molecule has 1 N–H and O–H groups in total. The summed E-state index contributed by atoms with van der Waals surface area (Å²) in [6.45, 7) is 2.81. The molecule has 7 nitrogen and oxygen atoms in total. The van der Waals surface area contributed by atoms with E-state index in [1.165, 1.54) is 0 Å². The van der Waals surface area contributed by atoms with Gasteiger partial charge in [0, 0.05) is 38.3 Å². The zero-order valence-electron chi connectivity index (χ0n) is 14.6. The summed E-state index contributed by atoms with van der Waals surface area (Å²) < 4.78 is 5.47. The van der Waals surface area contributed by atoms with Crippen LogP contribution in [0.3, 0.4) is 0 Å². The Morgan fingerprint density at radius 3 is 2.50 bits per heavy atom. The molecule has 0 bridgehead atoms. The molecule has 2 fully saturated rings. The predicted molar refractivity (Wildman–Crippen MR) is 95.5 cm³/mol. The van der Waals surface area contributed by atoms with Crippen LogP contribution in [0.1, 0.15) is 23.3 Å². The van der Waals surface area contributed by atoms with Gasteiger partial charge in [-0.15, -0.1) is 0 Å². The first-order valence-corrected chi connectivity index (χ1v) is 9.03. The molecule has 0 aliphatic carbocycles. The highest BCUT2D eigenvalue weighted by atomic mass is 16.5. The Labute approximate surface area is 151 Å². The molecule has 7 heteroatoms. The maximum Gasteiger partial charge on any atom is 0.272 e. The van der Waals surface area contributed by atoms with Crippen molar-refractivity contribution in [2.24, 2.45) is 0 Å². The molecular weight excluding hydrogens is 332 g/mol. The van der Waals surface area contributed by atoms with Crippen LogP contribution in [0.15, 0.2) is 36.4 Å². The van der Waals surface area contributed by atoms with Crippen LogP contribution in [-0.2, 0) is 9.53 Å². The number of carbonyl (C=O) groups excluding carboxylic acids is 2. The third kappa shape index (κ3) is 3.35. The number of H-pyrrole nitrogens is 1. The third-order valence-corrected chi connectivity index (χ3v) is 4.96. The van der Waals surface area contributed by atoms with E-state index in [0.29, 0.717) is 38.5 Å². The summed E-state index contributed by atoms with van der Waals surface area (Å²) in [4.78, 5) is 28.7. The molecule has 1 aromatic heterocycles. The minimum Gasteiger partial charge on any atom is -0.368 e. The fraction of sp³-hybridized carbons (Fsp3) is 0.421. The van der Waals surface area contributed by atoms with Gasteiger partial charge in [0.05, 0.1) is 5.69 Å². The molecule has 3 heterocycles. The smallest absolute Gasteiger partial charge is 0.272 e. The van der Waals surface area contributed by atoms with Crippen LogP contribution in [0.2, 0.25) is 0 Å². The number of hydrogen-bond donors (Lipinski definition) is 1. The number of rotatable bonds is 3. The van der Waals surface area contributed by atoms with E-state index in [0.717, 1.165) is 24.1 Å². The molecule has 1 aromatic carbocycles. The number of amides is 2. The van der Waals surface area contributed by atoms with Gasteiger partial charge in [0.15, 0.2) is 0 Å². The fourth-order valence-electron chi connectivity index (χ4n) is 3.46. The number of piperazine rings is 1. The Morgan fingerprint density at radius 1 is 1.08 bits per heavy atom. The van der Waals surface area contributed by atoms with E-state index in [2.05, 4.69) is 10.2 Å². The first-order valence-electron chi connectivity index (χ1n) is 9.03. The van der Waals surface area contributed by atoms with Crippen LogP contribution >= 0.6 is 0 Å². The Bertz CT molecular complexity index is 775. The summed E-state index contributed by atoms with van der Waals surface area (Å²) in [5, 5.41) is 7.08. The van der Waals surface area contributed by atoms with Gasteiger partial charge in [-0.25, -0.2) is 0 Å². The molecule has 2 aliphatic heterocycles. The summed E-state index contributed by atoms with van der Waals surface area (Å²) in [6, 6.07) is 11.5. The predicted octanol–water partition coefficient (Wildman–Crippen LogP) is 1.54. The van der Waals surface area contributed by atoms with E-state index in [1.807, 2.05) is 35.2 Å². The van der Waals surface area contributed by atoms with Crippen molar-refractivity contribution >= 4 is 11.8 Å².